The number of hydrogen-bond acceptors (Lipinski definition) is 18. The van der Waals surface area contributed by atoms with Crippen LogP contribution in [0.1, 0.15) is 55.4 Å². The quantitative estimate of drug-likeness (QED) is 0.0335. The van der Waals surface area contributed by atoms with Gasteiger partial charge in [-0.2, -0.15) is 0 Å². The first-order chi connectivity index (χ1) is 35.1. The van der Waals surface area contributed by atoms with Crippen LogP contribution in [0.4, 0.5) is 0 Å². The van der Waals surface area contributed by atoms with Crippen molar-refractivity contribution in [2.75, 3.05) is 0 Å². The molecule has 0 aliphatic rings. The molecule has 0 bridgehead atoms. The molecule has 0 aromatic heterocycles. The summed E-state index contributed by atoms with van der Waals surface area (Å²) in [6.45, 7) is 11.3. The van der Waals surface area contributed by atoms with Crippen molar-refractivity contribution in [1.29, 1.82) is 0 Å². The maximum atomic E-state index is 12.8. The van der Waals surface area contributed by atoms with Crippen molar-refractivity contribution >= 4 is 128 Å². The van der Waals surface area contributed by atoms with Crippen LogP contribution < -0.4 is 37.9 Å². The number of carbonyl (C=O) groups excluding carboxylic acids is 4. The topological polar surface area (TPSA) is 257 Å². The number of ether oxygens (including phenoxy) is 8. The van der Waals surface area contributed by atoms with Gasteiger partial charge in [0, 0.05) is 32.2 Å². The predicted molar refractivity (Wildman–Crippen MR) is 282 cm³/mol. The molecule has 0 fully saturated rings. The summed E-state index contributed by atoms with van der Waals surface area (Å²) < 4.78 is 115. The van der Waals surface area contributed by atoms with E-state index in [0.717, 1.165) is 24.3 Å². The van der Waals surface area contributed by atoms with Crippen molar-refractivity contribution < 1.29 is 83.0 Å². The van der Waals surface area contributed by atoms with E-state index in [4.69, 9.17) is 84.3 Å². The molecule has 0 heterocycles. The van der Waals surface area contributed by atoms with E-state index < -0.39 is 87.8 Å². The van der Waals surface area contributed by atoms with Gasteiger partial charge < -0.3 is 47.0 Å². The van der Waals surface area contributed by atoms with E-state index in [9.17, 15) is 45.1 Å². The Labute approximate surface area is 494 Å². The Hall–Kier alpha value is -5.36. The van der Waals surface area contributed by atoms with Gasteiger partial charge >= 0.3 is 61.6 Å². The second kappa shape index (κ2) is 26.1. The van der Waals surface area contributed by atoms with E-state index in [1.165, 1.54) is 91.8 Å². The van der Waals surface area contributed by atoms with Crippen molar-refractivity contribution in [2.24, 2.45) is 0 Å². The summed E-state index contributed by atoms with van der Waals surface area (Å²) in [5.74, 6) is -4.15. The summed E-state index contributed by atoms with van der Waals surface area (Å²) in [6, 6.07) is 30.8. The summed E-state index contributed by atoms with van der Waals surface area (Å²) in [7, 11) is -10.3. The molecule has 0 saturated carbocycles. The second-order valence-electron chi connectivity index (χ2n) is 17.9. The molecule has 0 aliphatic carbocycles. The van der Waals surface area contributed by atoms with Crippen LogP contribution in [0.3, 0.4) is 0 Å². The molecule has 0 N–H and O–H groups in total. The molecule has 6 rings (SSSR count). The minimum atomic E-state index is -5.15. The third-order valence-electron chi connectivity index (χ3n) is 9.91. The average Bonchev–Trinajstić information content (AvgIpc) is 3.32. The van der Waals surface area contributed by atoms with Gasteiger partial charge in [-0.15, -0.1) is 0 Å². The van der Waals surface area contributed by atoms with Gasteiger partial charge in [0.25, 0.3) is 0 Å². The smallest absolute Gasteiger partial charge is 0.744 e. The SMILES string of the molecule is CC(C)(Oc1ccc(Cl)cc1)C(=O)Oc1ccc(OC(=O)C(C)(C)Oc2ccc(Cl)cc2)c(S(=O)(=O)[O-])c1.CC(C)(Oc1ccc(Cl)cc1)C(=O)Oc1ccc(OC(=O)C(C)(C)Oc2ccc(Cl)cc2)c(S(=O)(=O)[O-])c1.[Ca+2]. The van der Waals surface area contributed by atoms with E-state index in [0.29, 0.717) is 43.1 Å². The molecule has 18 nitrogen and oxygen atoms in total. The number of halogens is 4. The molecule has 404 valence electrons. The third-order valence-corrected chi connectivity index (χ3v) is 12.6. The fourth-order valence-electron chi connectivity index (χ4n) is 5.92. The Bertz CT molecular complexity index is 3100. The molecule has 0 radical (unpaired) electrons. The van der Waals surface area contributed by atoms with Gasteiger partial charge in [-0.05, 0) is 177 Å². The predicted octanol–water partition coefficient (Wildman–Crippen LogP) is 10.5. The van der Waals surface area contributed by atoms with Gasteiger partial charge in [-0.25, -0.2) is 36.0 Å². The summed E-state index contributed by atoms with van der Waals surface area (Å²) in [4.78, 5) is 49.3. The fraction of sp³-hybridized carbons (Fsp3) is 0.231. The Morgan fingerprint density at radius 2 is 0.545 bits per heavy atom. The number of hydrogen-bond donors (Lipinski definition) is 0. The summed E-state index contributed by atoms with van der Waals surface area (Å²) in [5, 5.41) is 1.88. The molecular weight excluding hydrogens is 1160 g/mol. The largest absolute Gasteiger partial charge is 2.00 e. The Balaban J connectivity index is 0.000000328. The van der Waals surface area contributed by atoms with Gasteiger partial charge in [0.15, 0.2) is 0 Å². The first-order valence-electron chi connectivity index (χ1n) is 22.0. The van der Waals surface area contributed by atoms with Crippen molar-refractivity contribution in [1.82, 2.24) is 0 Å². The van der Waals surface area contributed by atoms with Crippen LogP contribution in [0.15, 0.2) is 143 Å². The normalized spacial score (nSPS) is 11.8. The second-order valence-corrected chi connectivity index (χ2v) is 22.4. The molecule has 0 spiro atoms. The van der Waals surface area contributed by atoms with E-state index in [2.05, 4.69) is 0 Å². The van der Waals surface area contributed by atoms with Gasteiger partial charge in [-0.1, -0.05) is 46.4 Å². The van der Waals surface area contributed by atoms with Crippen molar-refractivity contribution in [3.8, 4) is 46.0 Å². The zero-order valence-electron chi connectivity index (χ0n) is 42.1. The summed E-state index contributed by atoms with van der Waals surface area (Å²) in [5.41, 5.74) is -6.16. The zero-order chi connectivity index (χ0) is 56.6. The van der Waals surface area contributed by atoms with Crippen LogP contribution in [0.2, 0.25) is 20.1 Å². The van der Waals surface area contributed by atoms with Crippen molar-refractivity contribution in [3.63, 3.8) is 0 Å². The molecule has 0 aliphatic heterocycles. The van der Waals surface area contributed by atoms with Gasteiger partial charge in [-0.3, -0.25) is 0 Å². The van der Waals surface area contributed by atoms with Crippen LogP contribution in [0, 0.1) is 0 Å². The van der Waals surface area contributed by atoms with Gasteiger partial charge in [0.1, 0.15) is 76.0 Å². The molecule has 25 heteroatoms. The molecule has 6 aromatic carbocycles. The Morgan fingerprint density at radius 1 is 0.351 bits per heavy atom. The number of esters is 4. The molecule has 0 amide bonds. The number of carbonyl (C=O) groups is 4. The first kappa shape index (κ1) is 64.2. The van der Waals surface area contributed by atoms with Gasteiger partial charge in [0.05, 0.1) is 0 Å². The van der Waals surface area contributed by atoms with Gasteiger partial charge in [0.2, 0.25) is 22.4 Å². The molecule has 0 atom stereocenters. The Morgan fingerprint density at radius 3 is 0.753 bits per heavy atom. The number of rotatable bonds is 18. The third kappa shape index (κ3) is 18.9. The monoisotopic (exact) mass is 1200 g/mol. The molecule has 6 aromatic rings. The standard InChI is InChI=1S/2C26H24Cl2O9S.Ca/c2*1-25(2,36-18-9-5-16(27)6-10-18)23(29)34-20-13-14-21(22(15-20)38(31,32)33)35-24(30)26(3,4)37-19-11-7-17(28)8-12-19;/h2*5-15H,1-4H3,(H,31,32,33);/q;;+2/p-2. The van der Waals surface area contributed by atoms with Crippen LogP contribution in [0.5, 0.6) is 46.0 Å². The average molecular weight is 1200 g/mol. The summed E-state index contributed by atoms with van der Waals surface area (Å²) in [6.07, 6.45) is 0. The van der Waals surface area contributed by atoms with Crippen molar-refractivity contribution in [2.45, 2.75) is 87.6 Å². The molecule has 77 heavy (non-hydrogen) atoms. The first-order valence-corrected chi connectivity index (χ1v) is 26.3. The van der Waals surface area contributed by atoms with Crippen LogP contribution >= 0.6 is 46.4 Å². The number of benzene rings is 6. The zero-order valence-corrected chi connectivity index (χ0v) is 49.0. The van der Waals surface area contributed by atoms with E-state index in [-0.39, 0.29) is 49.2 Å². The summed E-state index contributed by atoms with van der Waals surface area (Å²) >= 11 is 23.4. The minimum absolute atomic E-state index is 0. The van der Waals surface area contributed by atoms with Crippen LogP contribution in [-0.2, 0) is 39.4 Å². The maximum absolute atomic E-state index is 12.8. The molecule has 0 unspecified atom stereocenters. The van der Waals surface area contributed by atoms with Crippen LogP contribution in [0.25, 0.3) is 0 Å². The molecular formula is C52H46CaCl4O18S2. The van der Waals surface area contributed by atoms with Crippen LogP contribution in [-0.4, -0.2) is 110 Å². The van der Waals surface area contributed by atoms with Crippen molar-refractivity contribution in [3.05, 3.63) is 154 Å². The maximum Gasteiger partial charge on any atom is 2.00 e. The fourth-order valence-corrected chi connectivity index (χ4v) is 7.66. The van der Waals surface area contributed by atoms with E-state index >= 15 is 0 Å². The Kier molecular flexibility index (Phi) is 21.7. The minimum Gasteiger partial charge on any atom is -0.744 e. The van der Waals surface area contributed by atoms with E-state index in [1.807, 2.05) is 0 Å². The van der Waals surface area contributed by atoms with E-state index in [1.54, 1.807) is 72.8 Å². The molecule has 0 saturated heterocycles.